The highest BCUT2D eigenvalue weighted by molar-refractivity contribution is 5.99. The third-order valence-electron chi connectivity index (χ3n) is 6.79. The van der Waals surface area contributed by atoms with Gasteiger partial charge in [-0.3, -0.25) is 14.8 Å². The van der Waals surface area contributed by atoms with E-state index in [-0.39, 0.29) is 11.9 Å². The molecule has 1 aliphatic carbocycles. The first-order chi connectivity index (χ1) is 15.0. The first-order valence-electron chi connectivity index (χ1n) is 10.9. The Morgan fingerprint density at radius 3 is 2.74 bits per heavy atom. The van der Waals surface area contributed by atoms with Gasteiger partial charge in [-0.05, 0) is 50.2 Å². The highest BCUT2D eigenvalue weighted by Crippen LogP contribution is 2.38. The smallest absolute Gasteiger partial charge is 0.255 e. The van der Waals surface area contributed by atoms with Crippen molar-refractivity contribution in [2.24, 2.45) is 11.8 Å². The lowest BCUT2D eigenvalue weighted by atomic mass is 9.77. The van der Waals surface area contributed by atoms with Crippen molar-refractivity contribution >= 4 is 22.6 Å². The van der Waals surface area contributed by atoms with Gasteiger partial charge in [-0.25, -0.2) is 4.98 Å². The number of benzene rings is 1. The number of para-hydroxylation sites is 1. The molecule has 2 aliphatic rings. The van der Waals surface area contributed by atoms with Crippen molar-refractivity contribution in [1.29, 1.82) is 0 Å². The summed E-state index contributed by atoms with van der Waals surface area (Å²) in [6.45, 7) is 5.34. The molecule has 160 valence electrons. The Bertz CT molecular complexity index is 1120. The SMILES string of the molecule is Cc1nc2c(C)cccc2cc1C(=O)N1C[C@H]2C[C@@H](Nc3cnccn3)[C@H](O)C[C@H]2C1. The minimum absolute atomic E-state index is 0.0377. The summed E-state index contributed by atoms with van der Waals surface area (Å²) < 4.78 is 0. The predicted octanol–water partition coefficient (Wildman–Crippen LogP) is 2.97. The van der Waals surface area contributed by atoms with Crippen LogP contribution in [-0.4, -0.2) is 56.1 Å². The number of rotatable bonds is 3. The summed E-state index contributed by atoms with van der Waals surface area (Å²) >= 11 is 0. The molecule has 2 fully saturated rings. The molecular weight excluding hydrogens is 390 g/mol. The molecule has 3 heterocycles. The zero-order valence-corrected chi connectivity index (χ0v) is 17.8. The number of carbonyl (C=O) groups excluding carboxylic acids is 1. The van der Waals surface area contributed by atoms with E-state index in [0.29, 0.717) is 42.7 Å². The van der Waals surface area contributed by atoms with Gasteiger partial charge in [0.05, 0.1) is 35.1 Å². The number of aliphatic hydroxyl groups is 1. The van der Waals surface area contributed by atoms with E-state index in [0.717, 1.165) is 28.6 Å². The van der Waals surface area contributed by atoms with Crippen molar-refractivity contribution in [3.8, 4) is 0 Å². The van der Waals surface area contributed by atoms with E-state index in [1.807, 2.05) is 43.0 Å². The van der Waals surface area contributed by atoms with Crippen molar-refractivity contribution < 1.29 is 9.90 Å². The Labute approximate surface area is 181 Å². The second kappa shape index (κ2) is 7.89. The molecule has 1 aromatic carbocycles. The van der Waals surface area contributed by atoms with Crippen molar-refractivity contribution in [2.45, 2.75) is 38.8 Å². The molecule has 1 amide bonds. The van der Waals surface area contributed by atoms with E-state index in [4.69, 9.17) is 4.98 Å². The maximum absolute atomic E-state index is 13.4. The van der Waals surface area contributed by atoms with E-state index in [9.17, 15) is 9.90 Å². The van der Waals surface area contributed by atoms with Gasteiger partial charge in [-0.2, -0.15) is 0 Å². The number of aliphatic hydroxyl groups excluding tert-OH is 1. The molecule has 31 heavy (non-hydrogen) atoms. The molecule has 7 heteroatoms. The molecule has 4 atom stereocenters. The van der Waals surface area contributed by atoms with Crippen LogP contribution in [0.1, 0.15) is 34.5 Å². The third kappa shape index (κ3) is 3.74. The fourth-order valence-corrected chi connectivity index (χ4v) is 5.14. The Hall–Kier alpha value is -3.06. The first-order valence-corrected chi connectivity index (χ1v) is 10.9. The van der Waals surface area contributed by atoms with Crippen LogP contribution < -0.4 is 5.32 Å². The van der Waals surface area contributed by atoms with E-state index >= 15 is 0 Å². The number of carbonyl (C=O) groups is 1. The fourth-order valence-electron chi connectivity index (χ4n) is 5.14. The van der Waals surface area contributed by atoms with Gasteiger partial charge in [-0.1, -0.05) is 18.2 Å². The van der Waals surface area contributed by atoms with Gasteiger partial charge in [0, 0.05) is 30.9 Å². The lowest BCUT2D eigenvalue weighted by Crippen LogP contribution is -2.43. The lowest BCUT2D eigenvalue weighted by Gasteiger charge is -2.35. The minimum Gasteiger partial charge on any atom is -0.391 e. The summed E-state index contributed by atoms with van der Waals surface area (Å²) in [5.41, 5.74) is 3.51. The maximum atomic E-state index is 13.4. The lowest BCUT2D eigenvalue weighted by molar-refractivity contribution is 0.0726. The molecule has 7 nitrogen and oxygen atoms in total. The highest BCUT2D eigenvalue weighted by atomic mass is 16.3. The molecule has 2 N–H and O–H groups in total. The van der Waals surface area contributed by atoms with Gasteiger partial charge in [0.1, 0.15) is 5.82 Å². The van der Waals surface area contributed by atoms with Crippen LogP contribution in [0.15, 0.2) is 42.9 Å². The number of hydrogen-bond donors (Lipinski definition) is 2. The summed E-state index contributed by atoms with van der Waals surface area (Å²) in [4.78, 5) is 28.4. The molecule has 1 saturated heterocycles. The minimum atomic E-state index is -0.467. The molecule has 0 spiro atoms. The Morgan fingerprint density at radius 2 is 1.97 bits per heavy atom. The second-order valence-electron chi connectivity index (χ2n) is 8.88. The molecule has 1 aliphatic heterocycles. The zero-order chi connectivity index (χ0) is 21.5. The first kappa shape index (κ1) is 19.9. The quantitative estimate of drug-likeness (QED) is 0.681. The molecule has 5 rings (SSSR count). The fraction of sp³-hybridized carbons (Fsp3) is 0.417. The number of pyridine rings is 1. The summed E-state index contributed by atoms with van der Waals surface area (Å²) in [7, 11) is 0. The summed E-state index contributed by atoms with van der Waals surface area (Å²) in [5, 5.41) is 15.0. The number of nitrogens with one attached hydrogen (secondary N) is 1. The number of aromatic nitrogens is 3. The van der Waals surface area contributed by atoms with Crippen molar-refractivity contribution in [1.82, 2.24) is 19.9 Å². The van der Waals surface area contributed by atoms with E-state index in [1.54, 1.807) is 18.6 Å². The summed E-state index contributed by atoms with van der Waals surface area (Å²) in [6.07, 6.45) is 5.95. The van der Waals surface area contributed by atoms with Crippen LogP contribution in [0.5, 0.6) is 0 Å². The number of fused-ring (bicyclic) bond motifs is 2. The van der Waals surface area contributed by atoms with Gasteiger partial charge >= 0.3 is 0 Å². The van der Waals surface area contributed by atoms with E-state index < -0.39 is 6.10 Å². The van der Waals surface area contributed by atoms with Crippen LogP contribution >= 0.6 is 0 Å². The third-order valence-corrected chi connectivity index (χ3v) is 6.79. The molecule has 1 saturated carbocycles. The van der Waals surface area contributed by atoms with E-state index in [1.165, 1.54) is 0 Å². The largest absolute Gasteiger partial charge is 0.391 e. The van der Waals surface area contributed by atoms with Gasteiger partial charge < -0.3 is 15.3 Å². The normalized spacial score (nSPS) is 25.5. The Morgan fingerprint density at radius 1 is 1.16 bits per heavy atom. The van der Waals surface area contributed by atoms with Crippen LogP contribution in [0.4, 0.5) is 5.82 Å². The van der Waals surface area contributed by atoms with Crippen LogP contribution in [0, 0.1) is 25.7 Å². The van der Waals surface area contributed by atoms with Crippen molar-refractivity contribution in [3.05, 3.63) is 59.7 Å². The summed E-state index contributed by atoms with van der Waals surface area (Å²) in [6, 6.07) is 7.94. The zero-order valence-electron chi connectivity index (χ0n) is 17.8. The van der Waals surface area contributed by atoms with Crippen LogP contribution in [-0.2, 0) is 0 Å². The van der Waals surface area contributed by atoms with Gasteiger partial charge in [0.2, 0.25) is 0 Å². The number of nitrogens with zero attached hydrogens (tertiary/aromatic N) is 4. The number of amides is 1. The molecule has 0 unspecified atom stereocenters. The molecule has 0 bridgehead atoms. The predicted molar refractivity (Wildman–Crippen MR) is 119 cm³/mol. The van der Waals surface area contributed by atoms with Crippen LogP contribution in [0.3, 0.4) is 0 Å². The van der Waals surface area contributed by atoms with E-state index in [2.05, 4.69) is 15.3 Å². The number of anilines is 1. The van der Waals surface area contributed by atoms with Gasteiger partial charge in [0.25, 0.3) is 5.91 Å². The molecule has 3 aromatic rings. The average Bonchev–Trinajstić information content (AvgIpc) is 3.17. The summed E-state index contributed by atoms with van der Waals surface area (Å²) in [5.74, 6) is 1.38. The number of aryl methyl sites for hydroxylation is 2. The maximum Gasteiger partial charge on any atom is 0.255 e. The average molecular weight is 418 g/mol. The molecule has 0 radical (unpaired) electrons. The Balaban J connectivity index is 1.33. The molecular formula is C24H27N5O2. The number of hydrogen-bond acceptors (Lipinski definition) is 6. The second-order valence-corrected chi connectivity index (χ2v) is 8.88. The standard InChI is InChI=1S/C24H27N5O2/c1-14-4-3-5-16-8-19(15(2)27-23(14)16)24(31)29-12-17-9-20(21(30)10-18(17)13-29)28-22-11-25-6-7-26-22/h3-8,11,17-18,20-21,30H,9-10,12-13H2,1-2H3,(H,26,28)/t17-,18+,20-,21-/m1/s1. The van der Waals surface area contributed by atoms with Gasteiger partial charge in [0.15, 0.2) is 0 Å². The van der Waals surface area contributed by atoms with Crippen molar-refractivity contribution in [3.63, 3.8) is 0 Å². The Kier molecular flexibility index (Phi) is 5.06. The van der Waals surface area contributed by atoms with Crippen molar-refractivity contribution in [2.75, 3.05) is 18.4 Å². The highest BCUT2D eigenvalue weighted by Gasteiger charge is 2.43. The monoisotopic (exact) mass is 417 g/mol. The topological polar surface area (TPSA) is 91.2 Å². The van der Waals surface area contributed by atoms with Gasteiger partial charge in [-0.15, -0.1) is 0 Å². The van der Waals surface area contributed by atoms with Crippen LogP contribution in [0.25, 0.3) is 10.9 Å². The molecule has 2 aromatic heterocycles. The number of likely N-dealkylation sites (tertiary alicyclic amines) is 1. The van der Waals surface area contributed by atoms with Crippen LogP contribution in [0.2, 0.25) is 0 Å².